The Balaban J connectivity index is 1.61. The van der Waals surface area contributed by atoms with E-state index in [1.807, 2.05) is 0 Å². The van der Waals surface area contributed by atoms with Gasteiger partial charge in [0.25, 0.3) is 5.91 Å². The third kappa shape index (κ3) is 2.26. The Morgan fingerprint density at radius 2 is 2.00 bits per heavy atom. The molecule has 0 bridgehead atoms. The molecule has 0 atom stereocenters. The molecule has 1 fully saturated rings. The number of rotatable bonds is 3. The van der Waals surface area contributed by atoms with Crippen molar-refractivity contribution >= 4 is 5.91 Å². The molecular weight excluding hydrogens is 234 g/mol. The first kappa shape index (κ1) is 11.3. The minimum absolute atomic E-state index is 0.156. The fraction of sp³-hybridized carbons (Fsp3) is 0.462. The van der Waals surface area contributed by atoms with Crippen LogP contribution in [0.5, 0.6) is 11.5 Å². The van der Waals surface area contributed by atoms with E-state index in [-0.39, 0.29) is 18.8 Å². The summed E-state index contributed by atoms with van der Waals surface area (Å²) < 4.78 is 10.4. The zero-order valence-corrected chi connectivity index (χ0v) is 9.98. The molecule has 3 rings (SSSR count). The number of nitrogens with one attached hydrogen (secondary N) is 1. The van der Waals surface area contributed by atoms with Crippen molar-refractivity contribution in [1.82, 2.24) is 5.48 Å². The van der Waals surface area contributed by atoms with E-state index in [0.29, 0.717) is 17.1 Å². The van der Waals surface area contributed by atoms with Gasteiger partial charge < -0.3 is 9.47 Å². The first-order chi connectivity index (χ1) is 8.83. The molecule has 0 unspecified atom stereocenters. The fourth-order valence-corrected chi connectivity index (χ4v) is 2.24. The first-order valence-electron chi connectivity index (χ1n) is 6.18. The molecule has 2 aliphatic rings. The van der Waals surface area contributed by atoms with Crippen molar-refractivity contribution in [3.05, 3.63) is 23.8 Å². The van der Waals surface area contributed by atoms with Crippen molar-refractivity contribution in [1.29, 1.82) is 0 Å². The molecule has 0 saturated heterocycles. The molecule has 1 aromatic carbocycles. The van der Waals surface area contributed by atoms with Crippen LogP contribution in [0, 0.1) is 0 Å². The predicted octanol–water partition coefficient (Wildman–Crippen LogP) is 2.02. The monoisotopic (exact) mass is 249 g/mol. The van der Waals surface area contributed by atoms with Crippen LogP contribution >= 0.6 is 0 Å². The normalized spacial score (nSPS) is 18.0. The SMILES string of the molecule is O=C(NOC1CCCC1)c1ccc2c(c1)OCO2. The van der Waals surface area contributed by atoms with Gasteiger partial charge >= 0.3 is 0 Å². The summed E-state index contributed by atoms with van der Waals surface area (Å²) in [6.45, 7) is 0.207. The van der Waals surface area contributed by atoms with E-state index in [1.54, 1.807) is 18.2 Å². The van der Waals surface area contributed by atoms with E-state index in [1.165, 1.54) is 12.8 Å². The van der Waals surface area contributed by atoms with Gasteiger partial charge in [-0.1, -0.05) is 12.8 Å². The van der Waals surface area contributed by atoms with Crippen LogP contribution in [-0.4, -0.2) is 18.8 Å². The maximum atomic E-state index is 11.9. The van der Waals surface area contributed by atoms with Gasteiger partial charge in [0, 0.05) is 5.56 Å². The topological polar surface area (TPSA) is 56.8 Å². The molecule has 96 valence electrons. The average molecular weight is 249 g/mol. The first-order valence-corrected chi connectivity index (χ1v) is 6.18. The van der Waals surface area contributed by atoms with Crippen LogP contribution in [0.2, 0.25) is 0 Å². The molecular formula is C13H15NO4. The number of hydrogen-bond donors (Lipinski definition) is 1. The molecule has 0 spiro atoms. The molecule has 0 aromatic heterocycles. The molecule has 1 aromatic rings. The molecule has 1 saturated carbocycles. The summed E-state index contributed by atoms with van der Waals surface area (Å²) in [5.41, 5.74) is 3.01. The molecule has 0 radical (unpaired) electrons. The quantitative estimate of drug-likeness (QED) is 0.833. The van der Waals surface area contributed by atoms with Crippen LogP contribution in [0.1, 0.15) is 36.0 Å². The molecule has 5 heteroatoms. The van der Waals surface area contributed by atoms with E-state index >= 15 is 0 Å². The summed E-state index contributed by atoms with van der Waals surface area (Å²) in [6, 6.07) is 5.09. The highest BCUT2D eigenvalue weighted by Gasteiger charge is 2.19. The summed E-state index contributed by atoms with van der Waals surface area (Å²) in [5.74, 6) is 1.02. The number of amides is 1. The lowest BCUT2D eigenvalue weighted by Crippen LogP contribution is -2.28. The van der Waals surface area contributed by atoms with Crippen molar-refractivity contribution in [2.24, 2.45) is 0 Å². The highest BCUT2D eigenvalue weighted by Crippen LogP contribution is 2.32. The van der Waals surface area contributed by atoms with Gasteiger partial charge in [-0.2, -0.15) is 0 Å². The van der Waals surface area contributed by atoms with Crippen LogP contribution in [0.15, 0.2) is 18.2 Å². The largest absolute Gasteiger partial charge is 0.454 e. The van der Waals surface area contributed by atoms with Crippen LogP contribution < -0.4 is 15.0 Å². The van der Waals surface area contributed by atoms with Gasteiger partial charge in [-0.25, -0.2) is 5.48 Å². The van der Waals surface area contributed by atoms with Gasteiger partial charge in [-0.15, -0.1) is 0 Å². The third-order valence-electron chi connectivity index (χ3n) is 3.26. The number of ether oxygens (including phenoxy) is 2. The second-order valence-electron chi connectivity index (χ2n) is 4.52. The van der Waals surface area contributed by atoms with E-state index in [4.69, 9.17) is 14.3 Å². The zero-order chi connectivity index (χ0) is 12.4. The predicted molar refractivity (Wildman–Crippen MR) is 63.4 cm³/mol. The van der Waals surface area contributed by atoms with Crippen LogP contribution in [0.25, 0.3) is 0 Å². The van der Waals surface area contributed by atoms with Crippen molar-refractivity contribution in [2.75, 3.05) is 6.79 Å². The highest BCUT2D eigenvalue weighted by atomic mass is 16.7. The Morgan fingerprint density at radius 3 is 2.83 bits per heavy atom. The maximum Gasteiger partial charge on any atom is 0.274 e. The fourth-order valence-electron chi connectivity index (χ4n) is 2.24. The van der Waals surface area contributed by atoms with Gasteiger partial charge in [0.2, 0.25) is 6.79 Å². The van der Waals surface area contributed by atoms with E-state index in [0.717, 1.165) is 12.8 Å². The number of hydroxylamine groups is 1. The van der Waals surface area contributed by atoms with Crippen molar-refractivity contribution in [2.45, 2.75) is 31.8 Å². The minimum atomic E-state index is -0.250. The molecule has 1 aliphatic carbocycles. The lowest BCUT2D eigenvalue weighted by Gasteiger charge is -2.11. The molecule has 1 aliphatic heterocycles. The van der Waals surface area contributed by atoms with Gasteiger partial charge in [0.15, 0.2) is 11.5 Å². The van der Waals surface area contributed by atoms with Gasteiger partial charge in [0.05, 0.1) is 6.10 Å². The minimum Gasteiger partial charge on any atom is -0.454 e. The van der Waals surface area contributed by atoms with Crippen molar-refractivity contribution < 1.29 is 19.1 Å². The zero-order valence-electron chi connectivity index (χ0n) is 9.98. The summed E-state index contributed by atoms with van der Waals surface area (Å²) in [7, 11) is 0. The Hall–Kier alpha value is -1.75. The molecule has 18 heavy (non-hydrogen) atoms. The number of carbonyl (C=O) groups excluding carboxylic acids is 1. The lowest BCUT2D eigenvalue weighted by molar-refractivity contribution is -0.0125. The Kier molecular flexibility index (Phi) is 3.06. The van der Waals surface area contributed by atoms with Crippen LogP contribution in [0.3, 0.4) is 0 Å². The van der Waals surface area contributed by atoms with Gasteiger partial charge in [-0.3, -0.25) is 9.63 Å². The van der Waals surface area contributed by atoms with Crippen molar-refractivity contribution in [3.8, 4) is 11.5 Å². The van der Waals surface area contributed by atoms with Crippen LogP contribution in [-0.2, 0) is 4.84 Å². The number of carbonyl (C=O) groups is 1. The van der Waals surface area contributed by atoms with Gasteiger partial charge in [-0.05, 0) is 31.0 Å². The number of benzene rings is 1. The molecule has 1 amide bonds. The van der Waals surface area contributed by atoms with Crippen LogP contribution in [0.4, 0.5) is 0 Å². The summed E-state index contributed by atoms with van der Waals surface area (Å²) >= 11 is 0. The standard InChI is InChI=1S/C13H15NO4/c15-13(14-18-10-3-1-2-4-10)9-5-6-11-12(7-9)17-8-16-11/h5-7,10H,1-4,8H2,(H,14,15). The highest BCUT2D eigenvalue weighted by molar-refractivity contribution is 5.94. The van der Waals surface area contributed by atoms with E-state index in [9.17, 15) is 4.79 Å². The smallest absolute Gasteiger partial charge is 0.274 e. The van der Waals surface area contributed by atoms with E-state index in [2.05, 4.69) is 5.48 Å². The number of fused-ring (bicyclic) bond motifs is 1. The molecule has 1 heterocycles. The number of hydrogen-bond acceptors (Lipinski definition) is 4. The van der Waals surface area contributed by atoms with Crippen molar-refractivity contribution in [3.63, 3.8) is 0 Å². The maximum absolute atomic E-state index is 11.9. The van der Waals surface area contributed by atoms with Gasteiger partial charge in [0.1, 0.15) is 0 Å². The lowest BCUT2D eigenvalue weighted by atomic mass is 10.2. The average Bonchev–Trinajstić information content (AvgIpc) is 3.05. The Morgan fingerprint density at radius 1 is 1.22 bits per heavy atom. The molecule has 5 nitrogen and oxygen atoms in total. The third-order valence-corrected chi connectivity index (χ3v) is 3.26. The Labute approximate surface area is 105 Å². The second kappa shape index (κ2) is 4.86. The summed E-state index contributed by atoms with van der Waals surface area (Å²) in [6.07, 6.45) is 4.53. The summed E-state index contributed by atoms with van der Waals surface area (Å²) in [5, 5.41) is 0. The molecule has 1 N–H and O–H groups in total. The summed E-state index contributed by atoms with van der Waals surface area (Å²) in [4.78, 5) is 17.2. The Bertz CT molecular complexity index is 454. The van der Waals surface area contributed by atoms with E-state index < -0.39 is 0 Å². The second-order valence-corrected chi connectivity index (χ2v) is 4.52.